The van der Waals surface area contributed by atoms with Gasteiger partial charge < -0.3 is 5.73 Å². The number of imide groups is 1. The Balaban J connectivity index is 2.06. The van der Waals surface area contributed by atoms with Crippen molar-refractivity contribution in [3.8, 4) is 0 Å². The van der Waals surface area contributed by atoms with Gasteiger partial charge in [-0.1, -0.05) is 29.9 Å². The Labute approximate surface area is 114 Å². The van der Waals surface area contributed by atoms with Gasteiger partial charge in [-0.3, -0.25) is 9.59 Å². The first kappa shape index (κ1) is 11.6. The Bertz CT molecular complexity index is 582. The molecule has 1 aliphatic carbocycles. The SMILES string of the molecule is NC(=S)c1ccc(Cl)c(N2C(=O)C3CC3C2=O)c1. The zero-order valence-corrected chi connectivity index (χ0v) is 10.8. The van der Waals surface area contributed by atoms with Gasteiger partial charge >= 0.3 is 0 Å². The van der Waals surface area contributed by atoms with Crippen LogP contribution < -0.4 is 10.6 Å². The third-order valence-corrected chi connectivity index (χ3v) is 3.89. The molecule has 4 nitrogen and oxygen atoms in total. The third-order valence-electron chi connectivity index (χ3n) is 3.34. The van der Waals surface area contributed by atoms with Gasteiger partial charge in [0, 0.05) is 5.56 Å². The molecule has 18 heavy (non-hydrogen) atoms. The van der Waals surface area contributed by atoms with E-state index in [9.17, 15) is 9.59 Å². The number of nitrogens with two attached hydrogens (primary N) is 1. The number of carbonyl (C=O) groups excluding carboxylic acids is 2. The largest absolute Gasteiger partial charge is 0.389 e. The molecule has 1 aromatic rings. The highest BCUT2D eigenvalue weighted by molar-refractivity contribution is 7.80. The third kappa shape index (κ3) is 1.54. The summed E-state index contributed by atoms with van der Waals surface area (Å²) in [7, 11) is 0. The number of piperidine rings is 1. The molecule has 2 aliphatic rings. The van der Waals surface area contributed by atoms with Crippen molar-refractivity contribution in [3.05, 3.63) is 28.8 Å². The van der Waals surface area contributed by atoms with Crippen molar-refractivity contribution in [2.24, 2.45) is 17.6 Å². The van der Waals surface area contributed by atoms with E-state index in [1.54, 1.807) is 18.2 Å². The molecule has 0 bridgehead atoms. The minimum atomic E-state index is -0.174. The van der Waals surface area contributed by atoms with Gasteiger partial charge in [-0.05, 0) is 18.6 Å². The first-order valence-electron chi connectivity index (χ1n) is 5.48. The van der Waals surface area contributed by atoms with Gasteiger partial charge in [-0.25, -0.2) is 4.90 Å². The number of hydrogen-bond donors (Lipinski definition) is 1. The topological polar surface area (TPSA) is 63.4 Å². The van der Waals surface area contributed by atoms with Crippen LogP contribution in [0.5, 0.6) is 0 Å². The summed E-state index contributed by atoms with van der Waals surface area (Å²) in [5, 5.41) is 0.345. The average Bonchev–Trinajstić information content (AvgIpc) is 3.06. The fourth-order valence-electron chi connectivity index (χ4n) is 2.26. The molecule has 1 aromatic carbocycles. The number of amides is 2. The van der Waals surface area contributed by atoms with Gasteiger partial charge in [0.25, 0.3) is 0 Å². The second kappa shape index (κ2) is 3.76. The molecule has 6 heteroatoms. The maximum Gasteiger partial charge on any atom is 0.237 e. The number of nitrogens with zero attached hydrogens (tertiary/aromatic N) is 1. The van der Waals surface area contributed by atoms with E-state index >= 15 is 0 Å². The lowest BCUT2D eigenvalue weighted by Gasteiger charge is -2.18. The number of benzene rings is 1. The summed E-state index contributed by atoms with van der Waals surface area (Å²) in [5.41, 5.74) is 6.50. The Morgan fingerprint density at radius 1 is 1.33 bits per heavy atom. The molecule has 0 radical (unpaired) electrons. The van der Waals surface area contributed by atoms with E-state index in [2.05, 4.69) is 0 Å². The molecule has 1 heterocycles. The van der Waals surface area contributed by atoms with E-state index in [0.29, 0.717) is 22.7 Å². The summed E-state index contributed by atoms with van der Waals surface area (Å²) in [6.45, 7) is 0. The molecule has 3 rings (SSSR count). The second-order valence-corrected chi connectivity index (χ2v) is 5.34. The van der Waals surface area contributed by atoms with E-state index in [1.807, 2.05) is 0 Å². The van der Waals surface area contributed by atoms with Crippen LogP contribution >= 0.6 is 23.8 Å². The average molecular weight is 281 g/mol. The van der Waals surface area contributed by atoms with Crippen molar-refractivity contribution in [2.45, 2.75) is 6.42 Å². The summed E-state index contributed by atoms with van der Waals surface area (Å²) in [4.78, 5) is 25.3. The maximum atomic E-state index is 12.0. The van der Waals surface area contributed by atoms with E-state index < -0.39 is 0 Å². The van der Waals surface area contributed by atoms with Crippen LogP contribution in [-0.4, -0.2) is 16.8 Å². The summed E-state index contributed by atoms with van der Waals surface area (Å²) in [6, 6.07) is 4.85. The normalized spacial score (nSPS) is 25.3. The van der Waals surface area contributed by atoms with Crippen molar-refractivity contribution in [1.82, 2.24) is 0 Å². The highest BCUT2D eigenvalue weighted by Crippen LogP contribution is 2.49. The molecule has 1 saturated heterocycles. The summed E-state index contributed by atoms with van der Waals surface area (Å²) in [6.07, 6.45) is 0.667. The minimum absolute atomic E-state index is 0.151. The lowest BCUT2D eigenvalue weighted by atomic mass is 10.2. The number of fused-ring (bicyclic) bond motifs is 1. The van der Waals surface area contributed by atoms with Gasteiger partial charge in [-0.2, -0.15) is 0 Å². The molecule has 2 amide bonds. The van der Waals surface area contributed by atoms with Gasteiger partial charge in [-0.15, -0.1) is 0 Å². The molecular formula is C12H9ClN2O2S. The fraction of sp³-hybridized carbons (Fsp3) is 0.250. The number of rotatable bonds is 2. The van der Waals surface area contributed by atoms with Crippen LogP contribution in [0.1, 0.15) is 12.0 Å². The van der Waals surface area contributed by atoms with Crippen molar-refractivity contribution in [1.29, 1.82) is 0 Å². The smallest absolute Gasteiger partial charge is 0.237 e. The molecule has 2 fully saturated rings. The van der Waals surface area contributed by atoms with Crippen LogP contribution in [0.15, 0.2) is 18.2 Å². The number of thiocarbonyl (C=S) groups is 1. The van der Waals surface area contributed by atoms with Crippen LogP contribution in [0.2, 0.25) is 5.02 Å². The first-order chi connectivity index (χ1) is 8.50. The fourth-order valence-corrected chi connectivity index (χ4v) is 2.58. The van der Waals surface area contributed by atoms with Gasteiger partial charge in [0.1, 0.15) is 4.99 Å². The zero-order valence-electron chi connectivity index (χ0n) is 9.22. The Morgan fingerprint density at radius 3 is 2.50 bits per heavy atom. The Kier molecular flexibility index (Phi) is 2.43. The number of anilines is 1. The van der Waals surface area contributed by atoms with E-state index in [1.165, 1.54) is 0 Å². The molecule has 2 N–H and O–H groups in total. The van der Waals surface area contributed by atoms with Crippen molar-refractivity contribution < 1.29 is 9.59 Å². The maximum absolute atomic E-state index is 12.0. The predicted octanol–water partition coefficient (Wildman–Crippen LogP) is 1.48. The minimum Gasteiger partial charge on any atom is -0.389 e. The van der Waals surface area contributed by atoms with Gasteiger partial charge in [0.05, 0.1) is 22.5 Å². The summed E-state index contributed by atoms with van der Waals surface area (Å²) < 4.78 is 0. The standard InChI is InChI=1S/C12H9ClN2O2S/c13-8-2-1-5(10(14)18)3-9(8)15-11(16)6-4-7(6)12(15)17/h1-3,6-7H,4H2,(H2,14,18). The van der Waals surface area contributed by atoms with Gasteiger partial charge in [0.15, 0.2) is 0 Å². The van der Waals surface area contributed by atoms with E-state index in [4.69, 9.17) is 29.6 Å². The van der Waals surface area contributed by atoms with Crippen LogP contribution in [0.25, 0.3) is 0 Å². The van der Waals surface area contributed by atoms with Crippen molar-refractivity contribution in [3.63, 3.8) is 0 Å². The van der Waals surface area contributed by atoms with E-state index in [-0.39, 0.29) is 28.6 Å². The van der Waals surface area contributed by atoms with Gasteiger partial charge in [0.2, 0.25) is 11.8 Å². The first-order valence-corrected chi connectivity index (χ1v) is 6.26. The molecule has 1 aliphatic heterocycles. The highest BCUT2D eigenvalue weighted by Gasteiger charge is 2.59. The van der Waals surface area contributed by atoms with E-state index in [0.717, 1.165) is 4.90 Å². The predicted molar refractivity (Wildman–Crippen MR) is 71.4 cm³/mol. The molecule has 2 unspecified atom stereocenters. The van der Waals surface area contributed by atoms with Crippen LogP contribution in [0, 0.1) is 11.8 Å². The molecule has 92 valence electrons. The molecule has 2 atom stereocenters. The summed E-state index contributed by atoms with van der Waals surface area (Å²) in [5.74, 6) is -0.650. The summed E-state index contributed by atoms with van der Waals surface area (Å²) >= 11 is 10.9. The number of carbonyl (C=O) groups is 2. The molecular weight excluding hydrogens is 272 g/mol. The lowest BCUT2D eigenvalue weighted by molar-refractivity contribution is -0.123. The highest BCUT2D eigenvalue weighted by atomic mass is 35.5. The molecule has 0 aromatic heterocycles. The lowest BCUT2D eigenvalue weighted by Crippen LogP contribution is -2.33. The monoisotopic (exact) mass is 280 g/mol. The quantitative estimate of drug-likeness (QED) is 0.658. The van der Waals surface area contributed by atoms with Crippen molar-refractivity contribution in [2.75, 3.05) is 4.90 Å². The Hall–Kier alpha value is -1.46. The van der Waals surface area contributed by atoms with Crippen LogP contribution in [-0.2, 0) is 9.59 Å². The second-order valence-electron chi connectivity index (χ2n) is 4.49. The Morgan fingerprint density at radius 2 is 1.94 bits per heavy atom. The van der Waals surface area contributed by atoms with Crippen LogP contribution in [0.4, 0.5) is 5.69 Å². The molecule has 1 saturated carbocycles. The van der Waals surface area contributed by atoms with Crippen LogP contribution in [0.3, 0.4) is 0 Å². The number of hydrogen-bond acceptors (Lipinski definition) is 3. The molecule has 0 spiro atoms. The zero-order chi connectivity index (χ0) is 13.0. The van der Waals surface area contributed by atoms with Crippen molar-refractivity contribution >= 4 is 46.3 Å². The number of halogens is 1.